The fourth-order valence-electron chi connectivity index (χ4n) is 3.10. The monoisotopic (exact) mass is 320 g/mol. The van der Waals surface area contributed by atoms with E-state index in [0.717, 1.165) is 44.6 Å². The van der Waals surface area contributed by atoms with Gasteiger partial charge in [0.05, 0.1) is 6.61 Å². The summed E-state index contributed by atoms with van der Waals surface area (Å²) < 4.78 is 5.43. The summed E-state index contributed by atoms with van der Waals surface area (Å²) >= 11 is 0. The smallest absolute Gasteiger partial charge is 0.410 e. The van der Waals surface area contributed by atoms with Gasteiger partial charge >= 0.3 is 6.09 Å². The van der Waals surface area contributed by atoms with Crippen LogP contribution in [-0.2, 0) is 11.3 Å². The van der Waals surface area contributed by atoms with Crippen LogP contribution >= 0.6 is 0 Å². The molecule has 1 amide bonds. The third-order valence-corrected chi connectivity index (χ3v) is 4.34. The van der Waals surface area contributed by atoms with Gasteiger partial charge in [-0.1, -0.05) is 30.3 Å². The molecule has 1 aliphatic heterocycles. The molecule has 1 fully saturated rings. The molecule has 5 heteroatoms. The van der Waals surface area contributed by atoms with Gasteiger partial charge in [0, 0.05) is 26.2 Å². The van der Waals surface area contributed by atoms with Gasteiger partial charge in [0.25, 0.3) is 0 Å². The summed E-state index contributed by atoms with van der Waals surface area (Å²) in [5.74, 6) is 0.458. The predicted molar refractivity (Wildman–Crippen MR) is 90.1 cm³/mol. The molecule has 1 heterocycles. The highest BCUT2D eigenvalue weighted by Crippen LogP contribution is 2.18. The van der Waals surface area contributed by atoms with E-state index >= 15 is 0 Å². The third kappa shape index (κ3) is 5.84. The Kier molecular flexibility index (Phi) is 7.36. The zero-order valence-corrected chi connectivity index (χ0v) is 14.0. The first-order valence-electron chi connectivity index (χ1n) is 8.51. The SMILES string of the molecule is CCN(C[C@@H]1CCCN(CCO)C1)C(=O)OCc1ccccc1. The summed E-state index contributed by atoms with van der Waals surface area (Å²) in [5, 5.41) is 9.07. The van der Waals surface area contributed by atoms with Gasteiger partial charge < -0.3 is 19.6 Å². The molecule has 23 heavy (non-hydrogen) atoms. The summed E-state index contributed by atoms with van der Waals surface area (Å²) in [7, 11) is 0. The molecule has 1 N–H and O–H groups in total. The number of amides is 1. The van der Waals surface area contributed by atoms with Crippen molar-refractivity contribution in [3.63, 3.8) is 0 Å². The molecule has 0 aromatic heterocycles. The standard InChI is InChI=1S/C18H28N2O3/c1-2-20(14-17-9-6-10-19(13-17)11-12-21)18(22)23-15-16-7-4-3-5-8-16/h3-5,7-8,17,21H,2,6,9-15H2,1H3/t17-/m1/s1. The minimum atomic E-state index is -0.240. The van der Waals surface area contributed by atoms with Crippen molar-refractivity contribution in [3.05, 3.63) is 35.9 Å². The van der Waals surface area contributed by atoms with Crippen LogP contribution in [0, 0.1) is 5.92 Å². The van der Waals surface area contributed by atoms with Crippen molar-refractivity contribution in [1.29, 1.82) is 0 Å². The second kappa shape index (κ2) is 9.53. The summed E-state index contributed by atoms with van der Waals surface area (Å²) in [6.45, 7) is 6.60. The van der Waals surface area contributed by atoms with Crippen molar-refractivity contribution >= 4 is 6.09 Å². The minimum Gasteiger partial charge on any atom is -0.445 e. The molecule has 1 aliphatic rings. The van der Waals surface area contributed by atoms with Gasteiger partial charge in [-0.05, 0) is 37.8 Å². The van der Waals surface area contributed by atoms with Crippen LogP contribution in [0.1, 0.15) is 25.3 Å². The first kappa shape index (κ1) is 17.8. The molecule has 128 valence electrons. The molecule has 5 nitrogen and oxygen atoms in total. The minimum absolute atomic E-state index is 0.198. The van der Waals surface area contributed by atoms with Crippen molar-refractivity contribution in [2.24, 2.45) is 5.92 Å². The molecule has 0 spiro atoms. The van der Waals surface area contributed by atoms with Crippen molar-refractivity contribution < 1.29 is 14.6 Å². The lowest BCUT2D eigenvalue weighted by atomic mass is 9.97. The van der Waals surface area contributed by atoms with Gasteiger partial charge in [-0.25, -0.2) is 4.79 Å². The first-order valence-corrected chi connectivity index (χ1v) is 8.51. The number of benzene rings is 1. The molecule has 1 atom stereocenters. The number of hydrogen-bond donors (Lipinski definition) is 1. The van der Waals surface area contributed by atoms with E-state index in [9.17, 15) is 4.79 Å². The number of nitrogens with zero attached hydrogens (tertiary/aromatic N) is 2. The normalized spacial score (nSPS) is 18.6. The number of likely N-dealkylation sites (tertiary alicyclic amines) is 1. The summed E-state index contributed by atoms with van der Waals surface area (Å²) in [6, 6.07) is 9.75. The van der Waals surface area contributed by atoms with Crippen LogP contribution in [-0.4, -0.2) is 60.3 Å². The van der Waals surface area contributed by atoms with E-state index in [-0.39, 0.29) is 12.7 Å². The number of carbonyl (C=O) groups excluding carboxylic acids is 1. The van der Waals surface area contributed by atoms with E-state index in [1.165, 1.54) is 0 Å². The molecule has 0 saturated carbocycles. The van der Waals surface area contributed by atoms with Crippen molar-refractivity contribution in [1.82, 2.24) is 9.80 Å². The van der Waals surface area contributed by atoms with E-state index in [1.807, 2.05) is 37.3 Å². The van der Waals surface area contributed by atoms with Crippen molar-refractivity contribution in [2.45, 2.75) is 26.4 Å². The Bertz CT molecular complexity index is 465. The van der Waals surface area contributed by atoms with Gasteiger partial charge in [0.15, 0.2) is 0 Å². The van der Waals surface area contributed by atoms with Gasteiger partial charge in [-0.15, -0.1) is 0 Å². The zero-order valence-electron chi connectivity index (χ0n) is 14.0. The number of β-amino-alcohol motifs (C(OH)–C–C–N with tert-alkyl or cyclic N) is 1. The number of aliphatic hydroxyl groups excluding tert-OH is 1. The third-order valence-electron chi connectivity index (χ3n) is 4.34. The quantitative estimate of drug-likeness (QED) is 0.838. The van der Waals surface area contributed by atoms with Gasteiger partial charge in [0.1, 0.15) is 6.61 Å². The number of rotatable bonds is 7. The fraction of sp³-hybridized carbons (Fsp3) is 0.611. The maximum Gasteiger partial charge on any atom is 0.410 e. The molecule has 1 aromatic rings. The summed E-state index contributed by atoms with van der Waals surface area (Å²) in [4.78, 5) is 16.3. The Morgan fingerprint density at radius 2 is 2.17 bits per heavy atom. The second-order valence-electron chi connectivity index (χ2n) is 6.11. The van der Waals surface area contributed by atoms with E-state index < -0.39 is 0 Å². The van der Waals surface area contributed by atoms with Gasteiger partial charge in [-0.3, -0.25) is 0 Å². The topological polar surface area (TPSA) is 53.0 Å². The highest BCUT2D eigenvalue weighted by molar-refractivity contribution is 5.67. The molecule has 1 saturated heterocycles. The summed E-state index contributed by atoms with van der Waals surface area (Å²) in [6.07, 6.45) is 2.02. The zero-order chi connectivity index (χ0) is 16.5. The predicted octanol–water partition coefficient (Wildman–Crippen LogP) is 2.35. The number of piperidine rings is 1. The van der Waals surface area contributed by atoms with Gasteiger partial charge in [-0.2, -0.15) is 0 Å². The van der Waals surface area contributed by atoms with Crippen molar-refractivity contribution in [3.8, 4) is 0 Å². The van der Waals surface area contributed by atoms with Crippen LogP contribution < -0.4 is 0 Å². The molecule has 0 aliphatic carbocycles. The lowest BCUT2D eigenvalue weighted by Gasteiger charge is -2.34. The highest BCUT2D eigenvalue weighted by Gasteiger charge is 2.24. The van der Waals surface area contributed by atoms with E-state index in [2.05, 4.69) is 4.90 Å². The largest absolute Gasteiger partial charge is 0.445 e. The van der Waals surface area contributed by atoms with Crippen LogP contribution in [0.4, 0.5) is 4.79 Å². The van der Waals surface area contributed by atoms with Crippen LogP contribution in [0.25, 0.3) is 0 Å². The number of aliphatic hydroxyl groups is 1. The Morgan fingerprint density at radius 1 is 1.39 bits per heavy atom. The second-order valence-corrected chi connectivity index (χ2v) is 6.11. The molecular weight excluding hydrogens is 292 g/mol. The maximum atomic E-state index is 12.3. The molecule has 2 rings (SSSR count). The lowest BCUT2D eigenvalue weighted by molar-refractivity contribution is 0.0777. The fourth-order valence-corrected chi connectivity index (χ4v) is 3.10. The van der Waals surface area contributed by atoms with Crippen LogP contribution in [0.15, 0.2) is 30.3 Å². The Morgan fingerprint density at radius 3 is 2.87 bits per heavy atom. The number of hydrogen-bond acceptors (Lipinski definition) is 4. The van der Waals surface area contributed by atoms with Crippen LogP contribution in [0.5, 0.6) is 0 Å². The molecule has 1 aromatic carbocycles. The molecule has 0 unspecified atom stereocenters. The van der Waals surface area contributed by atoms with E-state index in [0.29, 0.717) is 19.1 Å². The Labute approximate surface area is 138 Å². The Balaban J connectivity index is 1.80. The lowest BCUT2D eigenvalue weighted by Crippen LogP contribution is -2.43. The first-order chi connectivity index (χ1) is 11.2. The van der Waals surface area contributed by atoms with Crippen molar-refractivity contribution in [2.75, 3.05) is 39.3 Å². The van der Waals surface area contributed by atoms with Crippen LogP contribution in [0.2, 0.25) is 0 Å². The molecule has 0 radical (unpaired) electrons. The highest BCUT2D eigenvalue weighted by atomic mass is 16.6. The van der Waals surface area contributed by atoms with Crippen LogP contribution in [0.3, 0.4) is 0 Å². The number of carbonyl (C=O) groups is 1. The summed E-state index contributed by atoms with van der Waals surface area (Å²) in [5.41, 5.74) is 1.00. The van der Waals surface area contributed by atoms with E-state index in [1.54, 1.807) is 4.90 Å². The van der Waals surface area contributed by atoms with E-state index in [4.69, 9.17) is 9.84 Å². The molecule has 0 bridgehead atoms. The maximum absolute atomic E-state index is 12.3. The molecular formula is C18H28N2O3. The average Bonchev–Trinajstić information content (AvgIpc) is 2.59. The van der Waals surface area contributed by atoms with Gasteiger partial charge in [0.2, 0.25) is 0 Å². The Hall–Kier alpha value is -1.59. The average molecular weight is 320 g/mol. The number of ether oxygens (including phenoxy) is 1.